The molecule has 2 aliphatic carbocycles. The number of Topliss-reactive ketones (excluding diaryl/α,β-unsaturated/α-hetero) is 1. The van der Waals surface area contributed by atoms with Crippen LogP contribution >= 0.6 is 0 Å². The molecule has 4 nitrogen and oxygen atoms in total. The van der Waals surface area contributed by atoms with Crippen LogP contribution in [0.25, 0.3) is 0 Å². The minimum atomic E-state index is -0.589. The van der Waals surface area contributed by atoms with Gasteiger partial charge in [-0.3, -0.25) is 4.79 Å². The van der Waals surface area contributed by atoms with Crippen molar-refractivity contribution in [1.29, 1.82) is 0 Å². The van der Waals surface area contributed by atoms with Gasteiger partial charge in [0.15, 0.2) is 0 Å². The molecule has 1 N–H and O–H groups in total. The van der Waals surface area contributed by atoms with Gasteiger partial charge in [-0.15, -0.1) is 0 Å². The van der Waals surface area contributed by atoms with Crippen LogP contribution in [0.5, 0.6) is 0 Å². The summed E-state index contributed by atoms with van der Waals surface area (Å²) in [5.41, 5.74) is -1.03. The molecule has 7 atom stereocenters. The van der Waals surface area contributed by atoms with Crippen molar-refractivity contribution in [1.82, 2.24) is 0 Å². The number of ether oxygens (including phenoxy) is 2. The lowest BCUT2D eigenvalue weighted by molar-refractivity contribution is -0.297. The van der Waals surface area contributed by atoms with Gasteiger partial charge in [0.1, 0.15) is 17.5 Å². The molecule has 0 radical (unpaired) electrons. The zero-order chi connectivity index (χ0) is 17.5. The Kier molecular flexibility index (Phi) is 3.42. The molecule has 0 amide bonds. The van der Waals surface area contributed by atoms with Crippen LogP contribution in [-0.2, 0) is 14.3 Å². The van der Waals surface area contributed by atoms with Crippen molar-refractivity contribution in [3.8, 4) is 0 Å². The van der Waals surface area contributed by atoms with Gasteiger partial charge >= 0.3 is 0 Å². The van der Waals surface area contributed by atoms with Crippen LogP contribution < -0.4 is 0 Å². The maximum Gasteiger partial charge on any atom is 0.138 e. The second-order valence-electron chi connectivity index (χ2n) is 9.97. The van der Waals surface area contributed by atoms with Crippen LogP contribution in [-0.4, -0.2) is 40.9 Å². The number of carbonyl (C=O) groups excluding carboxylic acids is 1. The Morgan fingerprint density at radius 1 is 1.08 bits per heavy atom. The zero-order valence-corrected chi connectivity index (χ0v) is 15.7. The Hall–Kier alpha value is -0.450. The highest BCUT2D eigenvalue weighted by Crippen LogP contribution is 2.65. The molecule has 2 saturated carbocycles. The third-order valence-electron chi connectivity index (χ3n) is 8.29. The van der Waals surface area contributed by atoms with E-state index in [0.29, 0.717) is 24.7 Å². The second-order valence-corrected chi connectivity index (χ2v) is 9.97. The summed E-state index contributed by atoms with van der Waals surface area (Å²) in [7, 11) is 0. The molecule has 0 spiro atoms. The molecule has 136 valence electrons. The number of rotatable bonds is 1. The molecule has 2 saturated heterocycles. The smallest absolute Gasteiger partial charge is 0.138 e. The lowest BCUT2D eigenvalue weighted by Crippen LogP contribution is -2.68. The molecular weight excluding hydrogens is 304 g/mol. The quantitative estimate of drug-likeness (QED) is 0.748. The normalized spacial score (nSPS) is 56.3. The van der Waals surface area contributed by atoms with Crippen LogP contribution in [0.15, 0.2) is 0 Å². The number of ketones is 1. The minimum absolute atomic E-state index is 0.0279. The SMILES string of the molecule is CC1(C)C(=O)CC[C@]2(C)[C@@H]1CC[C@]1(C)O[C@@](C)([C@H]3CO3)[C@H](O)C[C@H]21. The molecule has 2 heterocycles. The lowest BCUT2D eigenvalue weighted by Gasteiger charge is -2.65. The van der Waals surface area contributed by atoms with Gasteiger partial charge in [0.25, 0.3) is 0 Å². The van der Waals surface area contributed by atoms with E-state index in [2.05, 4.69) is 27.7 Å². The zero-order valence-electron chi connectivity index (χ0n) is 15.7. The number of aliphatic hydroxyl groups excluding tert-OH is 1. The van der Waals surface area contributed by atoms with E-state index in [1.165, 1.54) is 0 Å². The van der Waals surface area contributed by atoms with Crippen LogP contribution in [0, 0.1) is 22.7 Å². The van der Waals surface area contributed by atoms with Gasteiger partial charge in [-0.2, -0.15) is 0 Å². The van der Waals surface area contributed by atoms with Crippen molar-refractivity contribution in [3.63, 3.8) is 0 Å². The molecule has 0 bridgehead atoms. The molecule has 4 aliphatic rings. The van der Waals surface area contributed by atoms with E-state index in [4.69, 9.17) is 9.47 Å². The van der Waals surface area contributed by atoms with Crippen molar-refractivity contribution in [3.05, 3.63) is 0 Å². The molecule has 4 rings (SSSR count). The molecule has 4 heteroatoms. The van der Waals surface area contributed by atoms with E-state index in [0.717, 1.165) is 25.7 Å². The van der Waals surface area contributed by atoms with Gasteiger partial charge in [-0.05, 0) is 56.8 Å². The predicted octanol–water partition coefficient (Wildman–Crippen LogP) is 3.11. The molecule has 0 aromatic heterocycles. The Bertz CT molecular complexity index is 568. The summed E-state index contributed by atoms with van der Waals surface area (Å²) in [6.45, 7) is 11.5. The van der Waals surface area contributed by atoms with Crippen molar-refractivity contribution in [2.45, 2.75) is 90.1 Å². The summed E-state index contributed by atoms with van der Waals surface area (Å²) in [4.78, 5) is 12.5. The average molecular weight is 336 g/mol. The number of hydrogen-bond donors (Lipinski definition) is 1. The Labute approximate surface area is 145 Å². The minimum Gasteiger partial charge on any atom is -0.390 e. The number of aliphatic hydroxyl groups is 1. The van der Waals surface area contributed by atoms with Crippen molar-refractivity contribution >= 4 is 5.78 Å². The first kappa shape index (κ1) is 17.0. The molecule has 0 aromatic carbocycles. The summed E-state index contributed by atoms with van der Waals surface area (Å²) >= 11 is 0. The number of hydrogen-bond acceptors (Lipinski definition) is 4. The number of carbonyl (C=O) groups is 1. The van der Waals surface area contributed by atoms with E-state index in [-0.39, 0.29) is 28.5 Å². The highest BCUT2D eigenvalue weighted by molar-refractivity contribution is 5.85. The first-order valence-electron chi connectivity index (χ1n) is 9.57. The second kappa shape index (κ2) is 4.83. The fraction of sp³-hybridized carbons (Fsp3) is 0.950. The Morgan fingerprint density at radius 2 is 1.75 bits per heavy atom. The molecule has 0 aromatic rings. The highest BCUT2D eigenvalue weighted by Gasteiger charge is 2.66. The predicted molar refractivity (Wildman–Crippen MR) is 90.6 cm³/mol. The number of fused-ring (bicyclic) bond motifs is 3. The van der Waals surface area contributed by atoms with E-state index in [1.807, 2.05) is 6.92 Å². The summed E-state index contributed by atoms with van der Waals surface area (Å²) in [6.07, 6.45) is 3.85. The summed E-state index contributed by atoms with van der Waals surface area (Å²) < 4.78 is 12.1. The summed E-state index contributed by atoms with van der Waals surface area (Å²) in [5, 5.41) is 10.9. The fourth-order valence-corrected chi connectivity index (χ4v) is 6.64. The molecule has 4 fully saturated rings. The van der Waals surface area contributed by atoms with Gasteiger partial charge in [0, 0.05) is 11.8 Å². The van der Waals surface area contributed by atoms with Gasteiger partial charge < -0.3 is 14.6 Å². The Balaban J connectivity index is 1.70. The first-order chi connectivity index (χ1) is 11.0. The molecule has 2 aliphatic heterocycles. The topological polar surface area (TPSA) is 59.1 Å². The van der Waals surface area contributed by atoms with Crippen LogP contribution in [0.1, 0.15) is 66.7 Å². The first-order valence-corrected chi connectivity index (χ1v) is 9.57. The summed E-state index contributed by atoms with van der Waals surface area (Å²) in [5.74, 6) is 1.07. The van der Waals surface area contributed by atoms with Gasteiger partial charge in [0.05, 0.1) is 18.3 Å². The molecule has 24 heavy (non-hydrogen) atoms. The highest BCUT2D eigenvalue weighted by atomic mass is 16.6. The van der Waals surface area contributed by atoms with Crippen LogP contribution in [0.4, 0.5) is 0 Å². The largest absolute Gasteiger partial charge is 0.390 e. The number of epoxide rings is 1. The maximum atomic E-state index is 12.5. The Morgan fingerprint density at radius 3 is 2.38 bits per heavy atom. The monoisotopic (exact) mass is 336 g/mol. The third-order valence-corrected chi connectivity index (χ3v) is 8.29. The molecule has 0 unspecified atom stereocenters. The average Bonchev–Trinajstić information content (AvgIpc) is 3.31. The maximum absolute atomic E-state index is 12.5. The molecular formula is C20H32O4. The van der Waals surface area contributed by atoms with Gasteiger partial charge in [-0.1, -0.05) is 20.8 Å². The van der Waals surface area contributed by atoms with E-state index < -0.39 is 11.7 Å². The standard InChI is InChI=1S/C20H32O4/c1-17(2)12-6-9-19(4)13(18(12,3)8-7-14(17)21)10-15(22)20(5,24-19)16-11-23-16/h12-13,15-16,22H,6-11H2,1-5H3/t12-,13-,15-,16-,18-,19+,20-/m1/s1. The lowest BCUT2D eigenvalue weighted by atomic mass is 9.44. The van der Waals surface area contributed by atoms with Crippen LogP contribution in [0.3, 0.4) is 0 Å². The van der Waals surface area contributed by atoms with Gasteiger partial charge in [-0.25, -0.2) is 0 Å². The van der Waals surface area contributed by atoms with Crippen LogP contribution in [0.2, 0.25) is 0 Å². The van der Waals surface area contributed by atoms with Crippen molar-refractivity contribution in [2.24, 2.45) is 22.7 Å². The van der Waals surface area contributed by atoms with Crippen molar-refractivity contribution < 1.29 is 19.4 Å². The van der Waals surface area contributed by atoms with Gasteiger partial charge in [0.2, 0.25) is 0 Å². The third kappa shape index (κ3) is 2.05. The van der Waals surface area contributed by atoms with E-state index >= 15 is 0 Å². The fourth-order valence-electron chi connectivity index (χ4n) is 6.64. The van der Waals surface area contributed by atoms with Crippen molar-refractivity contribution in [2.75, 3.05) is 6.61 Å². The summed E-state index contributed by atoms with van der Waals surface area (Å²) in [6, 6.07) is 0. The van der Waals surface area contributed by atoms with E-state index in [9.17, 15) is 9.90 Å². The van der Waals surface area contributed by atoms with E-state index in [1.54, 1.807) is 0 Å².